The standard InChI is InChI=1S/C14H16N2O2/c1-10(2)12-9-15-14(16(3)13(12)17)18-11-7-5-4-6-8-11/h4-10H,1-3H3. The number of benzene rings is 1. The van der Waals surface area contributed by atoms with Crippen molar-refractivity contribution in [2.24, 2.45) is 7.05 Å². The van der Waals surface area contributed by atoms with Gasteiger partial charge < -0.3 is 4.74 Å². The second-order valence-electron chi connectivity index (χ2n) is 4.43. The summed E-state index contributed by atoms with van der Waals surface area (Å²) in [5.74, 6) is 0.819. The van der Waals surface area contributed by atoms with E-state index < -0.39 is 0 Å². The van der Waals surface area contributed by atoms with Crippen LogP contribution in [0.25, 0.3) is 0 Å². The molecule has 4 heteroatoms. The molecule has 0 bridgehead atoms. The lowest BCUT2D eigenvalue weighted by Crippen LogP contribution is -2.23. The van der Waals surface area contributed by atoms with Crippen LogP contribution in [0.5, 0.6) is 11.8 Å². The van der Waals surface area contributed by atoms with E-state index in [1.165, 1.54) is 4.57 Å². The van der Waals surface area contributed by atoms with Gasteiger partial charge in [0.1, 0.15) is 5.75 Å². The van der Waals surface area contributed by atoms with Crippen LogP contribution < -0.4 is 10.3 Å². The lowest BCUT2D eigenvalue weighted by Gasteiger charge is -2.11. The van der Waals surface area contributed by atoms with Crippen molar-refractivity contribution in [2.45, 2.75) is 19.8 Å². The minimum atomic E-state index is -0.0640. The van der Waals surface area contributed by atoms with Crippen molar-refractivity contribution in [3.8, 4) is 11.8 Å². The number of hydrogen-bond donors (Lipinski definition) is 0. The van der Waals surface area contributed by atoms with Crippen LogP contribution >= 0.6 is 0 Å². The fourth-order valence-corrected chi connectivity index (χ4v) is 1.63. The molecule has 0 radical (unpaired) electrons. The normalized spacial score (nSPS) is 10.7. The Balaban J connectivity index is 2.37. The summed E-state index contributed by atoms with van der Waals surface area (Å²) in [5, 5.41) is 0. The average molecular weight is 244 g/mol. The van der Waals surface area contributed by atoms with Gasteiger partial charge in [0.25, 0.3) is 5.56 Å². The Hall–Kier alpha value is -2.10. The average Bonchev–Trinajstić information content (AvgIpc) is 2.36. The van der Waals surface area contributed by atoms with Crippen molar-refractivity contribution in [1.82, 2.24) is 9.55 Å². The van der Waals surface area contributed by atoms with Crippen LogP contribution in [0, 0.1) is 0 Å². The minimum absolute atomic E-state index is 0.0640. The first-order valence-electron chi connectivity index (χ1n) is 5.88. The molecule has 1 aromatic heterocycles. The van der Waals surface area contributed by atoms with Crippen molar-refractivity contribution >= 4 is 0 Å². The van der Waals surface area contributed by atoms with Gasteiger partial charge >= 0.3 is 6.01 Å². The lowest BCUT2D eigenvalue weighted by atomic mass is 10.1. The highest BCUT2D eigenvalue weighted by Crippen LogP contribution is 2.18. The van der Waals surface area contributed by atoms with Crippen molar-refractivity contribution in [2.75, 3.05) is 0 Å². The maximum atomic E-state index is 12.1. The van der Waals surface area contributed by atoms with Crippen molar-refractivity contribution < 1.29 is 4.74 Å². The van der Waals surface area contributed by atoms with E-state index in [2.05, 4.69) is 4.98 Å². The summed E-state index contributed by atoms with van der Waals surface area (Å²) in [5.41, 5.74) is 0.629. The molecule has 0 N–H and O–H groups in total. The molecule has 0 aliphatic heterocycles. The van der Waals surface area contributed by atoms with E-state index in [1.54, 1.807) is 13.2 Å². The smallest absolute Gasteiger partial charge is 0.304 e. The van der Waals surface area contributed by atoms with Gasteiger partial charge in [-0.05, 0) is 18.1 Å². The van der Waals surface area contributed by atoms with Crippen LogP contribution in [-0.2, 0) is 7.05 Å². The number of aromatic nitrogens is 2. The summed E-state index contributed by atoms with van der Waals surface area (Å²) in [4.78, 5) is 16.3. The molecule has 94 valence electrons. The highest BCUT2D eigenvalue weighted by atomic mass is 16.5. The Kier molecular flexibility index (Phi) is 3.46. The number of hydrogen-bond acceptors (Lipinski definition) is 3. The molecule has 0 fully saturated rings. The molecule has 0 saturated heterocycles. The third kappa shape index (κ3) is 2.42. The van der Waals surface area contributed by atoms with E-state index >= 15 is 0 Å². The third-order valence-electron chi connectivity index (χ3n) is 2.73. The molecule has 4 nitrogen and oxygen atoms in total. The van der Waals surface area contributed by atoms with Crippen LogP contribution in [0.4, 0.5) is 0 Å². The predicted octanol–water partition coefficient (Wildman–Crippen LogP) is 2.70. The van der Waals surface area contributed by atoms with E-state index in [4.69, 9.17) is 4.74 Å². The molecule has 0 aliphatic carbocycles. The topological polar surface area (TPSA) is 44.1 Å². The first-order chi connectivity index (χ1) is 8.59. The van der Waals surface area contributed by atoms with Gasteiger partial charge in [-0.1, -0.05) is 32.0 Å². The molecule has 1 aromatic carbocycles. The first kappa shape index (κ1) is 12.4. The second kappa shape index (κ2) is 5.04. The number of ether oxygens (including phenoxy) is 1. The second-order valence-corrected chi connectivity index (χ2v) is 4.43. The summed E-state index contributed by atoms with van der Waals surface area (Å²) in [6, 6.07) is 9.59. The fourth-order valence-electron chi connectivity index (χ4n) is 1.63. The zero-order chi connectivity index (χ0) is 13.1. The van der Waals surface area contributed by atoms with Gasteiger partial charge in [0.05, 0.1) is 0 Å². The molecular weight excluding hydrogens is 228 g/mol. The summed E-state index contributed by atoms with van der Waals surface area (Å²) < 4.78 is 7.01. The summed E-state index contributed by atoms with van der Waals surface area (Å²) in [6.45, 7) is 3.94. The van der Waals surface area contributed by atoms with E-state index in [0.29, 0.717) is 17.3 Å². The van der Waals surface area contributed by atoms with Gasteiger partial charge in [-0.25, -0.2) is 4.98 Å². The molecule has 2 rings (SSSR count). The van der Waals surface area contributed by atoms with Gasteiger partial charge in [0.15, 0.2) is 0 Å². The molecule has 2 aromatic rings. The molecule has 0 unspecified atom stereocenters. The SMILES string of the molecule is CC(C)c1cnc(Oc2ccccc2)n(C)c1=O. The van der Waals surface area contributed by atoms with Crippen LogP contribution in [0.3, 0.4) is 0 Å². The first-order valence-corrected chi connectivity index (χ1v) is 5.88. The van der Waals surface area contributed by atoms with Crippen molar-refractivity contribution in [3.05, 3.63) is 52.4 Å². The van der Waals surface area contributed by atoms with E-state index in [1.807, 2.05) is 44.2 Å². The third-order valence-corrected chi connectivity index (χ3v) is 2.73. The Morgan fingerprint density at radius 1 is 1.22 bits per heavy atom. The largest absolute Gasteiger partial charge is 0.425 e. The van der Waals surface area contributed by atoms with Crippen molar-refractivity contribution in [3.63, 3.8) is 0 Å². The highest BCUT2D eigenvalue weighted by Gasteiger charge is 2.11. The van der Waals surface area contributed by atoms with Crippen LogP contribution in [0.1, 0.15) is 25.3 Å². The summed E-state index contributed by atoms with van der Waals surface area (Å²) in [6.07, 6.45) is 1.59. The van der Waals surface area contributed by atoms with Gasteiger partial charge in [-0.3, -0.25) is 9.36 Å². The number of rotatable bonds is 3. The summed E-state index contributed by atoms with van der Waals surface area (Å²) in [7, 11) is 1.67. The van der Waals surface area contributed by atoms with Crippen LogP contribution in [0.2, 0.25) is 0 Å². The Morgan fingerprint density at radius 2 is 1.89 bits per heavy atom. The number of para-hydroxylation sites is 1. The Bertz CT molecular complexity index is 588. The maximum absolute atomic E-state index is 12.1. The van der Waals surface area contributed by atoms with Crippen molar-refractivity contribution in [1.29, 1.82) is 0 Å². The quantitative estimate of drug-likeness (QED) is 0.833. The van der Waals surface area contributed by atoms with Gasteiger partial charge in [-0.15, -0.1) is 0 Å². The van der Waals surface area contributed by atoms with Crippen LogP contribution in [0.15, 0.2) is 41.3 Å². The molecule has 1 heterocycles. The zero-order valence-corrected chi connectivity index (χ0v) is 10.8. The molecule has 0 atom stereocenters. The number of nitrogens with zero attached hydrogens (tertiary/aromatic N) is 2. The molecule has 0 amide bonds. The Labute approximate surface area is 106 Å². The van der Waals surface area contributed by atoms with Crippen LogP contribution in [-0.4, -0.2) is 9.55 Å². The van der Waals surface area contributed by atoms with Gasteiger partial charge in [0.2, 0.25) is 0 Å². The summed E-state index contributed by atoms with van der Waals surface area (Å²) >= 11 is 0. The van der Waals surface area contributed by atoms with E-state index in [-0.39, 0.29) is 11.5 Å². The molecule has 0 aliphatic rings. The fraction of sp³-hybridized carbons (Fsp3) is 0.286. The molecular formula is C14H16N2O2. The maximum Gasteiger partial charge on any atom is 0.304 e. The van der Waals surface area contributed by atoms with E-state index in [9.17, 15) is 4.79 Å². The molecule has 18 heavy (non-hydrogen) atoms. The highest BCUT2D eigenvalue weighted by molar-refractivity contribution is 5.25. The predicted molar refractivity (Wildman–Crippen MR) is 70.1 cm³/mol. The molecule has 0 spiro atoms. The zero-order valence-electron chi connectivity index (χ0n) is 10.8. The van der Waals surface area contributed by atoms with E-state index in [0.717, 1.165) is 0 Å². The monoisotopic (exact) mass is 244 g/mol. The Morgan fingerprint density at radius 3 is 2.50 bits per heavy atom. The van der Waals surface area contributed by atoms with Gasteiger partial charge in [0, 0.05) is 18.8 Å². The van der Waals surface area contributed by atoms with Gasteiger partial charge in [-0.2, -0.15) is 0 Å². The lowest BCUT2D eigenvalue weighted by molar-refractivity contribution is 0.410. The molecule has 0 saturated carbocycles. The minimum Gasteiger partial charge on any atom is -0.425 e.